The van der Waals surface area contributed by atoms with Crippen LogP contribution in [0, 0.1) is 11.8 Å². The van der Waals surface area contributed by atoms with Crippen LogP contribution >= 0.6 is 0 Å². The fourth-order valence-electron chi connectivity index (χ4n) is 0.533. The van der Waals surface area contributed by atoms with Crippen molar-refractivity contribution < 1.29 is 14.9 Å². The lowest BCUT2D eigenvalue weighted by Gasteiger charge is -2.06. The molecule has 3 heteroatoms. The summed E-state index contributed by atoms with van der Waals surface area (Å²) >= 11 is 0. The number of rotatable bonds is 3. The molecule has 0 saturated heterocycles. The third-order valence-electron chi connectivity index (χ3n) is 0.928. The molecule has 0 aromatic rings. The van der Waals surface area contributed by atoms with Crippen LogP contribution in [0.4, 0.5) is 0 Å². The second-order valence-electron chi connectivity index (χ2n) is 3.22. The van der Waals surface area contributed by atoms with Crippen molar-refractivity contribution >= 4 is 0 Å². The Bertz CT molecular complexity index is 168. The molecule has 0 fully saturated rings. The van der Waals surface area contributed by atoms with E-state index in [0.717, 1.165) is 0 Å². The standard InChI is InChI=1S/C9H16O3/c1-8(10)7-12-6-4-5-9(2,3)11/h8,10-11H,6-7H2,1-3H3/t8-/m1/s1. The van der Waals surface area contributed by atoms with Crippen LogP contribution in [0.3, 0.4) is 0 Å². The Balaban J connectivity index is 3.47. The quantitative estimate of drug-likeness (QED) is 0.471. The lowest BCUT2D eigenvalue weighted by Crippen LogP contribution is -2.15. The first-order valence-electron chi connectivity index (χ1n) is 3.90. The van der Waals surface area contributed by atoms with Crippen LogP contribution in [-0.2, 0) is 4.74 Å². The molecule has 0 radical (unpaired) electrons. The Morgan fingerprint density at radius 1 is 1.50 bits per heavy atom. The van der Waals surface area contributed by atoms with Crippen LogP contribution in [0.2, 0.25) is 0 Å². The average molecular weight is 172 g/mol. The molecule has 12 heavy (non-hydrogen) atoms. The van der Waals surface area contributed by atoms with Crippen LogP contribution in [0.15, 0.2) is 0 Å². The zero-order valence-corrected chi connectivity index (χ0v) is 7.79. The number of aliphatic hydroxyl groups is 2. The Morgan fingerprint density at radius 3 is 2.50 bits per heavy atom. The number of aliphatic hydroxyl groups excluding tert-OH is 1. The van der Waals surface area contributed by atoms with Crippen molar-refractivity contribution in [2.24, 2.45) is 0 Å². The van der Waals surface area contributed by atoms with Crippen LogP contribution in [0.5, 0.6) is 0 Å². The van der Waals surface area contributed by atoms with Gasteiger partial charge in [-0.15, -0.1) is 0 Å². The van der Waals surface area contributed by atoms with Crippen molar-refractivity contribution in [3.8, 4) is 11.8 Å². The highest BCUT2D eigenvalue weighted by Gasteiger charge is 2.05. The number of hydrogen-bond acceptors (Lipinski definition) is 3. The Hall–Kier alpha value is -0.560. The van der Waals surface area contributed by atoms with Gasteiger partial charge in [-0.3, -0.25) is 0 Å². The van der Waals surface area contributed by atoms with Gasteiger partial charge < -0.3 is 14.9 Å². The molecule has 2 N–H and O–H groups in total. The molecule has 0 unspecified atom stereocenters. The molecule has 0 bridgehead atoms. The highest BCUT2D eigenvalue weighted by Crippen LogP contribution is 1.95. The van der Waals surface area contributed by atoms with E-state index in [2.05, 4.69) is 11.8 Å². The molecular formula is C9H16O3. The minimum Gasteiger partial charge on any atom is -0.391 e. The minimum absolute atomic E-state index is 0.245. The van der Waals surface area contributed by atoms with Crippen molar-refractivity contribution in [2.45, 2.75) is 32.5 Å². The molecule has 0 spiro atoms. The van der Waals surface area contributed by atoms with Gasteiger partial charge in [0.05, 0.1) is 12.7 Å². The van der Waals surface area contributed by atoms with E-state index in [0.29, 0.717) is 0 Å². The maximum absolute atomic E-state index is 9.15. The molecule has 0 aliphatic rings. The van der Waals surface area contributed by atoms with Crippen LogP contribution in [0.25, 0.3) is 0 Å². The zero-order valence-electron chi connectivity index (χ0n) is 7.79. The summed E-state index contributed by atoms with van der Waals surface area (Å²) in [6.45, 7) is 5.38. The average Bonchev–Trinajstić information content (AvgIpc) is 1.83. The van der Waals surface area contributed by atoms with Gasteiger partial charge in [0.15, 0.2) is 0 Å². The summed E-state index contributed by atoms with van der Waals surface area (Å²) in [4.78, 5) is 0. The molecule has 70 valence electrons. The van der Waals surface area contributed by atoms with Crippen LogP contribution in [0.1, 0.15) is 20.8 Å². The number of hydrogen-bond donors (Lipinski definition) is 2. The summed E-state index contributed by atoms with van der Waals surface area (Å²) in [7, 11) is 0. The SMILES string of the molecule is C[C@@H](O)COCC#CC(C)(C)O. The van der Waals surface area contributed by atoms with Gasteiger partial charge in [-0.2, -0.15) is 0 Å². The van der Waals surface area contributed by atoms with Crippen molar-refractivity contribution in [3.63, 3.8) is 0 Å². The van der Waals surface area contributed by atoms with E-state index < -0.39 is 11.7 Å². The van der Waals surface area contributed by atoms with E-state index in [1.165, 1.54) is 0 Å². The van der Waals surface area contributed by atoms with E-state index in [4.69, 9.17) is 14.9 Å². The molecule has 0 aromatic heterocycles. The summed E-state index contributed by atoms with van der Waals surface area (Å²) in [5, 5.41) is 17.9. The molecule has 0 amide bonds. The van der Waals surface area contributed by atoms with Gasteiger partial charge in [-0.25, -0.2) is 0 Å². The summed E-state index contributed by atoms with van der Waals surface area (Å²) < 4.78 is 4.96. The van der Waals surface area contributed by atoms with Gasteiger partial charge in [0.2, 0.25) is 0 Å². The van der Waals surface area contributed by atoms with Crippen LogP contribution < -0.4 is 0 Å². The smallest absolute Gasteiger partial charge is 0.120 e. The second kappa shape index (κ2) is 5.15. The Labute approximate surface area is 73.4 Å². The monoisotopic (exact) mass is 172 g/mol. The van der Waals surface area contributed by atoms with E-state index in [1.807, 2.05) is 0 Å². The molecule has 0 rings (SSSR count). The molecule has 0 aliphatic carbocycles. The second-order valence-corrected chi connectivity index (χ2v) is 3.22. The summed E-state index contributed by atoms with van der Waals surface area (Å²) in [5.74, 6) is 5.24. The van der Waals surface area contributed by atoms with E-state index in [9.17, 15) is 0 Å². The Morgan fingerprint density at radius 2 is 2.08 bits per heavy atom. The molecule has 0 aromatic carbocycles. The van der Waals surface area contributed by atoms with Crippen molar-refractivity contribution in [1.29, 1.82) is 0 Å². The minimum atomic E-state index is -0.964. The van der Waals surface area contributed by atoms with Crippen molar-refractivity contribution in [2.75, 3.05) is 13.2 Å². The molecule has 0 heterocycles. The predicted molar refractivity (Wildman–Crippen MR) is 46.6 cm³/mol. The summed E-state index contributed by atoms with van der Waals surface area (Å²) in [6.07, 6.45) is -0.464. The summed E-state index contributed by atoms with van der Waals surface area (Å²) in [6, 6.07) is 0. The van der Waals surface area contributed by atoms with E-state index in [1.54, 1.807) is 20.8 Å². The van der Waals surface area contributed by atoms with Crippen molar-refractivity contribution in [3.05, 3.63) is 0 Å². The maximum atomic E-state index is 9.15. The largest absolute Gasteiger partial charge is 0.391 e. The first-order chi connectivity index (χ1) is 5.42. The van der Waals surface area contributed by atoms with Gasteiger partial charge in [0, 0.05) is 0 Å². The van der Waals surface area contributed by atoms with E-state index >= 15 is 0 Å². The normalized spacial score (nSPS) is 13.4. The highest BCUT2D eigenvalue weighted by molar-refractivity contribution is 5.10. The Kier molecular flexibility index (Phi) is 4.91. The molecular weight excluding hydrogens is 156 g/mol. The van der Waals surface area contributed by atoms with E-state index in [-0.39, 0.29) is 13.2 Å². The first kappa shape index (κ1) is 11.4. The zero-order chi connectivity index (χ0) is 9.61. The fraction of sp³-hybridized carbons (Fsp3) is 0.778. The molecule has 0 aliphatic heterocycles. The van der Waals surface area contributed by atoms with Crippen molar-refractivity contribution in [1.82, 2.24) is 0 Å². The van der Waals surface area contributed by atoms with Crippen LogP contribution in [-0.4, -0.2) is 35.1 Å². The number of ether oxygens (including phenoxy) is 1. The topological polar surface area (TPSA) is 49.7 Å². The highest BCUT2D eigenvalue weighted by atomic mass is 16.5. The van der Waals surface area contributed by atoms with Gasteiger partial charge in [0.1, 0.15) is 12.2 Å². The van der Waals surface area contributed by atoms with Gasteiger partial charge >= 0.3 is 0 Å². The molecule has 3 nitrogen and oxygen atoms in total. The van der Waals surface area contributed by atoms with Gasteiger partial charge in [-0.05, 0) is 20.8 Å². The maximum Gasteiger partial charge on any atom is 0.120 e. The molecule has 0 saturated carbocycles. The predicted octanol–water partition coefficient (Wildman–Crippen LogP) is 0.158. The lowest BCUT2D eigenvalue weighted by molar-refractivity contribution is 0.0618. The van der Waals surface area contributed by atoms with Gasteiger partial charge in [0.25, 0.3) is 0 Å². The third kappa shape index (κ3) is 9.44. The molecule has 1 atom stereocenters. The fourth-order valence-corrected chi connectivity index (χ4v) is 0.533. The van der Waals surface area contributed by atoms with Gasteiger partial charge in [-0.1, -0.05) is 11.8 Å². The third-order valence-corrected chi connectivity index (χ3v) is 0.928. The lowest BCUT2D eigenvalue weighted by atomic mass is 10.1. The first-order valence-corrected chi connectivity index (χ1v) is 3.90. The summed E-state index contributed by atoms with van der Waals surface area (Å²) in [5.41, 5.74) is -0.964.